The van der Waals surface area contributed by atoms with Crippen molar-refractivity contribution < 1.29 is 9.90 Å². The highest BCUT2D eigenvalue weighted by Gasteiger charge is 2.13. The van der Waals surface area contributed by atoms with Crippen molar-refractivity contribution in [1.82, 2.24) is 0 Å². The second kappa shape index (κ2) is 3.05. The second-order valence-corrected chi connectivity index (χ2v) is 3.12. The summed E-state index contributed by atoms with van der Waals surface area (Å²) in [7, 11) is 0. The van der Waals surface area contributed by atoms with E-state index < -0.39 is 5.97 Å². The van der Waals surface area contributed by atoms with Crippen LogP contribution in [0.15, 0.2) is 24.3 Å². The summed E-state index contributed by atoms with van der Waals surface area (Å²) >= 11 is 0. The van der Waals surface area contributed by atoms with Gasteiger partial charge in [0.2, 0.25) is 0 Å². The second-order valence-electron chi connectivity index (χ2n) is 3.12. The smallest absolute Gasteiger partial charge is 0.335 e. The van der Waals surface area contributed by atoms with Crippen LogP contribution in [0.4, 0.5) is 0 Å². The number of carboxylic acids is 1. The van der Waals surface area contributed by atoms with Crippen molar-refractivity contribution in [3.8, 4) is 0 Å². The van der Waals surface area contributed by atoms with Gasteiger partial charge in [-0.3, -0.25) is 0 Å². The molecule has 0 aromatic heterocycles. The Balaban J connectivity index is 2.59. The number of rotatable bonds is 1. The molecular formula is C11H10O2. The van der Waals surface area contributed by atoms with E-state index in [0.29, 0.717) is 5.56 Å². The maximum atomic E-state index is 10.8. The molecule has 1 aromatic carbocycles. The maximum Gasteiger partial charge on any atom is 0.335 e. The maximum absolute atomic E-state index is 10.8. The van der Waals surface area contributed by atoms with Gasteiger partial charge in [0, 0.05) is 0 Å². The Morgan fingerprint density at radius 1 is 1.38 bits per heavy atom. The molecule has 1 N–H and O–H groups in total. The van der Waals surface area contributed by atoms with Crippen molar-refractivity contribution in [2.75, 3.05) is 0 Å². The Morgan fingerprint density at radius 2 is 2.23 bits per heavy atom. The third kappa shape index (κ3) is 1.35. The summed E-state index contributed by atoms with van der Waals surface area (Å²) in [5.74, 6) is -0.827. The van der Waals surface area contributed by atoms with Crippen LogP contribution < -0.4 is 0 Å². The molecule has 0 unspecified atom stereocenters. The van der Waals surface area contributed by atoms with Gasteiger partial charge in [0.15, 0.2) is 0 Å². The molecule has 1 aliphatic rings. The number of hydrogen-bond acceptors (Lipinski definition) is 1. The van der Waals surface area contributed by atoms with E-state index in [0.717, 1.165) is 24.0 Å². The summed E-state index contributed by atoms with van der Waals surface area (Å²) in [4.78, 5) is 10.8. The molecule has 0 amide bonds. The minimum Gasteiger partial charge on any atom is -0.478 e. The summed E-state index contributed by atoms with van der Waals surface area (Å²) in [6.07, 6.45) is 5.85. The molecule has 0 heterocycles. The zero-order valence-electron chi connectivity index (χ0n) is 7.16. The van der Waals surface area contributed by atoms with E-state index in [1.165, 1.54) is 0 Å². The molecule has 0 atom stereocenters. The van der Waals surface area contributed by atoms with Gasteiger partial charge >= 0.3 is 5.97 Å². The van der Waals surface area contributed by atoms with Crippen LogP contribution in [-0.4, -0.2) is 11.1 Å². The standard InChI is InChI=1S/C11H10O2/c12-11(13)10-7-3-5-8-4-1-2-6-9(8)10/h1,3-5,7H,2,6H2,(H,12,13). The van der Waals surface area contributed by atoms with Gasteiger partial charge in [0.05, 0.1) is 5.56 Å². The molecular weight excluding hydrogens is 164 g/mol. The lowest BCUT2D eigenvalue weighted by molar-refractivity contribution is 0.0695. The number of hydrogen-bond donors (Lipinski definition) is 1. The fraction of sp³-hybridized carbons (Fsp3) is 0.182. The summed E-state index contributed by atoms with van der Waals surface area (Å²) < 4.78 is 0. The Morgan fingerprint density at radius 3 is 3.00 bits per heavy atom. The first-order valence-corrected chi connectivity index (χ1v) is 4.31. The first-order chi connectivity index (χ1) is 6.29. The van der Waals surface area contributed by atoms with Crippen molar-refractivity contribution in [2.24, 2.45) is 0 Å². The van der Waals surface area contributed by atoms with Crippen LogP contribution in [0.1, 0.15) is 27.9 Å². The average Bonchev–Trinajstić information content (AvgIpc) is 2.17. The fourth-order valence-corrected chi connectivity index (χ4v) is 1.68. The van der Waals surface area contributed by atoms with Gasteiger partial charge in [-0.1, -0.05) is 24.3 Å². The zero-order valence-corrected chi connectivity index (χ0v) is 7.16. The van der Waals surface area contributed by atoms with Crippen LogP contribution in [0.25, 0.3) is 6.08 Å². The van der Waals surface area contributed by atoms with Crippen molar-refractivity contribution in [3.05, 3.63) is 41.0 Å². The van der Waals surface area contributed by atoms with Gasteiger partial charge in [-0.15, -0.1) is 0 Å². The van der Waals surface area contributed by atoms with E-state index in [-0.39, 0.29) is 0 Å². The van der Waals surface area contributed by atoms with Gasteiger partial charge in [-0.2, -0.15) is 0 Å². The number of carbonyl (C=O) groups is 1. The molecule has 0 aliphatic heterocycles. The highest BCUT2D eigenvalue weighted by molar-refractivity contribution is 5.90. The minimum atomic E-state index is -0.827. The topological polar surface area (TPSA) is 37.3 Å². The molecule has 1 aliphatic carbocycles. The summed E-state index contributed by atoms with van der Waals surface area (Å²) in [6.45, 7) is 0. The molecule has 66 valence electrons. The summed E-state index contributed by atoms with van der Waals surface area (Å²) in [6, 6.07) is 5.41. The van der Waals surface area contributed by atoms with E-state index in [1.54, 1.807) is 12.1 Å². The highest BCUT2D eigenvalue weighted by atomic mass is 16.4. The minimum absolute atomic E-state index is 0.446. The van der Waals surface area contributed by atoms with E-state index >= 15 is 0 Å². The predicted octanol–water partition coefficient (Wildman–Crippen LogP) is 2.34. The number of carboxylic acid groups (broad SMARTS) is 1. The largest absolute Gasteiger partial charge is 0.478 e. The highest BCUT2D eigenvalue weighted by Crippen LogP contribution is 2.22. The van der Waals surface area contributed by atoms with Crippen molar-refractivity contribution in [2.45, 2.75) is 12.8 Å². The molecule has 0 bridgehead atoms. The van der Waals surface area contributed by atoms with Gasteiger partial charge in [0.1, 0.15) is 0 Å². The van der Waals surface area contributed by atoms with Gasteiger partial charge < -0.3 is 5.11 Å². The molecule has 0 spiro atoms. The lowest BCUT2D eigenvalue weighted by atomic mass is 9.93. The Labute approximate surface area is 76.5 Å². The van der Waals surface area contributed by atoms with Crippen molar-refractivity contribution in [1.29, 1.82) is 0 Å². The first-order valence-electron chi connectivity index (χ1n) is 4.31. The molecule has 2 nitrogen and oxygen atoms in total. The first kappa shape index (κ1) is 8.05. The Hall–Kier alpha value is -1.57. The Kier molecular flexibility index (Phi) is 1.89. The molecule has 0 fully saturated rings. The number of benzene rings is 1. The lowest BCUT2D eigenvalue weighted by Gasteiger charge is -2.12. The molecule has 1 aromatic rings. The van der Waals surface area contributed by atoms with E-state index in [9.17, 15) is 4.79 Å². The van der Waals surface area contributed by atoms with E-state index in [1.807, 2.05) is 12.1 Å². The molecule has 0 radical (unpaired) electrons. The molecule has 13 heavy (non-hydrogen) atoms. The van der Waals surface area contributed by atoms with Gasteiger partial charge in [-0.25, -0.2) is 4.79 Å². The van der Waals surface area contributed by atoms with E-state index in [2.05, 4.69) is 6.08 Å². The Bertz CT molecular complexity index is 378. The number of fused-ring (bicyclic) bond motifs is 1. The fourth-order valence-electron chi connectivity index (χ4n) is 1.68. The summed E-state index contributed by atoms with van der Waals surface area (Å²) in [5.41, 5.74) is 2.46. The summed E-state index contributed by atoms with van der Waals surface area (Å²) in [5, 5.41) is 8.92. The quantitative estimate of drug-likeness (QED) is 0.709. The van der Waals surface area contributed by atoms with Crippen molar-refractivity contribution >= 4 is 12.0 Å². The van der Waals surface area contributed by atoms with Crippen molar-refractivity contribution in [3.63, 3.8) is 0 Å². The van der Waals surface area contributed by atoms with Crippen LogP contribution >= 0.6 is 0 Å². The monoisotopic (exact) mass is 174 g/mol. The normalized spacial score (nSPS) is 13.8. The van der Waals surface area contributed by atoms with Crippen LogP contribution in [0.2, 0.25) is 0 Å². The lowest BCUT2D eigenvalue weighted by Crippen LogP contribution is -2.05. The predicted molar refractivity (Wildman–Crippen MR) is 50.8 cm³/mol. The average molecular weight is 174 g/mol. The third-order valence-corrected chi connectivity index (χ3v) is 2.30. The van der Waals surface area contributed by atoms with Gasteiger partial charge in [0.25, 0.3) is 0 Å². The molecule has 2 rings (SSSR count). The zero-order chi connectivity index (χ0) is 9.26. The van der Waals surface area contributed by atoms with E-state index in [4.69, 9.17) is 5.11 Å². The third-order valence-electron chi connectivity index (χ3n) is 2.30. The SMILES string of the molecule is O=C(O)c1cccc2c1CCC=C2. The molecule has 2 heteroatoms. The van der Waals surface area contributed by atoms with Crippen LogP contribution in [0.3, 0.4) is 0 Å². The van der Waals surface area contributed by atoms with Crippen LogP contribution in [0, 0.1) is 0 Å². The van der Waals surface area contributed by atoms with Crippen LogP contribution in [0.5, 0.6) is 0 Å². The number of aromatic carboxylic acids is 1. The molecule has 0 saturated heterocycles. The van der Waals surface area contributed by atoms with Gasteiger partial charge in [-0.05, 0) is 30.0 Å². The van der Waals surface area contributed by atoms with Crippen LogP contribution in [-0.2, 0) is 6.42 Å². The molecule has 0 saturated carbocycles. The number of allylic oxidation sites excluding steroid dienone is 1.